The monoisotopic (exact) mass is 454 g/mol. The minimum absolute atomic E-state index is 0.507. The van der Waals surface area contributed by atoms with E-state index in [9.17, 15) is 9.90 Å². The number of nitrogens with one attached hydrogen (secondary N) is 1. The molecule has 1 amide bonds. The van der Waals surface area contributed by atoms with Crippen molar-refractivity contribution in [2.75, 3.05) is 13.7 Å². The molecule has 0 aliphatic rings. The Bertz CT molecular complexity index is 750. The molecule has 132 valence electrons. The van der Waals surface area contributed by atoms with Crippen molar-refractivity contribution >= 4 is 34.7 Å². The second-order valence-corrected chi connectivity index (χ2v) is 6.18. The number of carbonyl (C=O) groups is 1. The van der Waals surface area contributed by atoms with Gasteiger partial charge in [0.1, 0.15) is 0 Å². The van der Waals surface area contributed by atoms with Crippen LogP contribution in [0.15, 0.2) is 47.6 Å². The molecule has 2 aromatic rings. The van der Waals surface area contributed by atoms with Crippen LogP contribution >= 0.6 is 22.6 Å². The molecule has 2 aromatic carbocycles. The Morgan fingerprint density at radius 1 is 1.36 bits per heavy atom. The molecule has 1 atom stereocenters. The number of rotatable bonds is 7. The summed E-state index contributed by atoms with van der Waals surface area (Å²) in [5.41, 5.74) is 3.57. The van der Waals surface area contributed by atoms with Crippen molar-refractivity contribution in [1.82, 2.24) is 5.43 Å². The predicted octanol–water partition coefficient (Wildman–Crippen LogP) is 2.88. The standard InChI is InChI=1S/C18H19IN2O4/c1-3-25-17-14(19)9-12(10-15(17)24-2)11-20-21-18(23)16(22)13-7-5-4-6-8-13/h4-11,16,22H,3H2,1-2H3,(H,21,23)/b20-11-/t16-/m1/s1. The van der Waals surface area contributed by atoms with E-state index in [4.69, 9.17) is 9.47 Å². The van der Waals surface area contributed by atoms with E-state index in [2.05, 4.69) is 33.1 Å². The molecular formula is C18H19IN2O4. The molecule has 25 heavy (non-hydrogen) atoms. The zero-order valence-corrected chi connectivity index (χ0v) is 16.1. The number of ether oxygens (including phenoxy) is 2. The minimum Gasteiger partial charge on any atom is -0.493 e. The maximum absolute atomic E-state index is 11.9. The first-order valence-corrected chi connectivity index (χ1v) is 8.71. The van der Waals surface area contributed by atoms with Gasteiger partial charge in [-0.1, -0.05) is 30.3 Å². The van der Waals surface area contributed by atoms with Gasteiger partial charge in [-0.2, -0.15) is 5.10 Å². The number of amides is 1. The fourth-order valence-corrected chi connectivity index (χ4v) is 2.90. The van der Waals surface area contributed by atoms with E-state index in [0.717, 1.165) is 9.13 Å². The number of hydrogen-bond donors (Lipinski definition) is 2. The number of benzene rings is 2. The topological polar surface area (TPSA) is 80.2 Å². The average molecular weight is 454 g/mol. The van der Waals surface area contributed by atoms with E-state index in [0.29, 0.717) is 23.7 Å². The molecule has 0 heterocycles. The van der Waals surface area contributed by atoms with Gasteiger partial charge in [0.05, 0.1) is 23.5 Å². The summed E-state index contributed by atoms with van der Waals surface area (Å²) in [5.74, 6) is 0.659. The molecular weight excluding hydrogens is 435 g/mol. The van der Waals surface area contributed by atoms with Crippen LogP contribution in [0.3, 0.4) is 0 Å². The Balaban J connectivity index is 2.06. The lowest BCUT2D eigenvalue weighted by Crippen LogP contribution is -2.25. The maximum atomic E-state index is 11.9. The van der Waals surface area contributed by atoms with E-state index in [1.54, 1.807) is 37.4 Å². The molecule has 0 bridgehead atoms. The minimum atomic E-state index is -1.27. The molecule has 0 radical (unpaired) electrons. The molecule has 0 spiro atoms. The van der Waals surface area contributed by atoms with Crippen LogP contribution in [0.4, 0.5) is 0 Å². The molecule has 0 saturated carbocycles. The first-order chi connectivity index (χ1) is 12.1. The lowest BCUT2D eigenvalue weighted by Gasteiger charge is -2.12. The van der Waals surface area contributed by atoms with Gasteiger partial charge in [-0.05, 0) is 52.8 Å². The smallest absolute Gasteiger partial charge is 0.273 e. The van der Waals surface area contributed by atoms with Gasteiger partial charge in [0.25, 0.3) is 5.91 Å². The van der Waals surface area contributed by atoms with Crippen LogP contribution < -0.4 is 14.9 Å². The van der Waals surface area contributed by atoms with E-state index < -0.39 is 12.0 Å². The summed E-state index contributed by atoms with van der Waals surface area (Å²) in [4.78, 5) is 11.9. The van der Waals surface area contributed by atoms with Gasteiger partial charge >= 0.3 is 0 Å². The summed E-state index contributed by atoms with van der Waals surface area (Å²) in [7, 11) is 1.56. The highest BCUT2D eigenvalue weighted by Gasteiger charge is 2.16. The van der Waals surface area contributed by atoms with Gasteiger partial charge in [0, 0.05) is 0 Å². The van der Waals surface area contributed by atoms with Crippen molar-refractivity contribution in [2.45, 2.75) is 13.0 Å². The van der Waals surface area contributed by atoms with Gasteiger partial charge in [0.15, 0.2) is 17.6 Å². The summed E-state index contributed by atoms with van der Waals surface area (Å²) in [5, 5.41) is 13.9. The lowest BCUT2D eigenvalue weighted by atomic mass is 10.1. The summed E-state index contributed by atoms with van der Waals surface area (Å²) >= 11 is 2.15. The number of nitrogens with zero attached hydrogens (tertiary/aromatic N) is 1. The van der Waals surface area contributed by atoms with E-state index in [-0.39, 0.29) is 0 Å². The second kappa shape index (κ2) is 9.38. The molecule has 0 aromatic heterocycles. The molecule has 2 N–H and O–H groups in total. The van der Waals surface area contributed by atoms with Gasteiger partial charge < -0.3 is 14.6 Å². The molecule has 0 saturated heterocycles. The Morgan fingerprint density at radius 2 is 2.08 bits per heavy atom. The molecule has 7 heteroatoms. The largest absolute Gasteiger partial charge is 0.493 e. The van der Waals surface area contributed by atoms with Gasteiger partial charge in [-0.25, -0.2) is 5.43 Å². The Kier molecular flexibility index (Phi) is 7.20. The summed E-state index contributed by atoms with van der Waals surface area (Å²) in [6.45, 7) is 2.44. The van der Waals surface area contributed by atoms with E-state index >= 15 is 0 Å². The molecule has 6 nitrogen and oxygen atoms in total. The number of aliphatic hydroxyl groups is 1. The summed E-state index contributed by atoms with van der Waals surface area (Å²) < 4.78 is 11.8. The van der Waals surface area contributed by atoms with Gasteiger partial charge in [-0.15, -0.1) is 0 Å². The normalized spacial score (nSPS) is 12.0. The fourth-order valence-electron chi connectivity index (χ4n) is 2.12. The van der Waals surface area contributed by atoms with Crippen molar-refractivity contribution < 1.29 is 19.4 Å². The van der Waals surface area contributed by atoms with Crippen LogP contribution in [0, 0.1) is 3.57 Å². The number of hydrogen-bond acceptors (Lipinski definition) is 5. The highest BCUT2D eigenvalue weighted by molar-refractivity contribution is 14.1. The van der Waals surface area contributed by atoms with Crippen LogP contribution in [0.2, 0.25) is 0 Å². The van der Waals surface area contributed by atoms with Crippen LogP contribution in [-0.2, 0) is 4.79 Å². The van der Waals surface area contributed by atoms with E-state index in [1.165, 1.54) is 6.21 Å². The number of hydrazone groups is 1. The Hall–Kier alpha value is -2.13. The highest BCUT2D eigenvalue weighted by atomic mass is 127. The second-order valence-electron chi connectivity index (χ2n) is 5.01. The number of methoxy groups -OCH3 is 1. The number of aliphatic hydroxyl groups excluding tert-OH is 1. The van der Waals surface area contributed by atoms with Crippen LogP contribution in [0.1, 0.15) is 24.2 Å². The third-order valence-corrected chi connectivity index (χ3v) is 4.09. The molecule has 0 aliphatic heterocycles. The SMILES string of the molecule is CCOc1c(I)cc(/C=N\NC(=O)[C@H](O)c2ccccc2)cc1OC. The third kappa shape index (κ3) is 5.17. The van der Waals surface area contributed by atoms with Crippen LogP contribution in [-0.4, -0.2) is 30.9 Å². The van der Waals surface area contributed by atoms with Gasteiger partial charge in [0.2, 0.25) is 0 Å². The van der Waals surface area contributed by atoms with Gasteiger partial charge in [-0.3, -0.25) is 4.79 Å². The summed E-state index contributed by atoms with van der Waals surface area (Å²) in [6, 6.07) is 12.3. The highest BCUT2D eigenvalue weighted by Crippen LogP contribution is 2.33. The van der Waals surface area contributed by atoms with Crippen LogP contribution in [0.25, 0.3) is 0 Å². The molecule has 2 rings (SSSR count). The lowest BCUT2D eigenvalue weighted by molar-refractivity contribution is -0.129. The first-order valence-electron chi connectivity index (χ1n) is 7.63. The molecule has 0 fully saturated rings. The van der Waals surface area contributed by atoms with Crippen molar-refractivity contribution in [1.29, 1.82) is 0 Å². The molecule has 0 aliphatic carbocycles. The predicted molar refractivity (Wildman–Crippen MR) is 104 cm³/mol. The quantitative estimate of drug-likeness (QED) is 0.383. The zero-order valence-electron chi connectivity index (χ0n) is 13.9. The Morgan fingerprint density at radius 3 is 2.72 bits per heavy atom. The zero-order chi connectivity index (χ0) is 18.2. The first kappa shape index (κ1) is 19.2. The number of carbonyl (C=O) groups excluding carboxylic acids is 1. The maximum Gasteiger partial charge on any atom is 0.273 e. The van der Waals surface area contributed by atoms with E-state index in [1.807, 2.05) is 19.1 Å². The Labute approximate surface area is 160 Å². The van der Waals surface area contributed by atoms with Crippen molar-refractivity contribution in [3.8, 4) is 11.5 Å². The van der Waals surface area contributed by atoms with Crippen molar-refractivity contribution in [3.05, 3.63) is 57.2 Å². The number of halogens is 1. The third-order valence-electron chi connectivity index (χ3n) is 3.29. The van der Waals surface area contributed by atoms with Crippen LogP contribution in [0.5, 0.6) is 11.5 Å². The fraction of sp³-hybridized carbons (Fsp3) is 0.222. The summed E-state index contributed by atoms with van der Waals surface area (Å²) in [6.07, 6.45) is 0.212. The average Bonchev–Trinajstić information content (AvgIpc) is 2.63. The molecule has 0 unspecified atom stereocenters. The van der Waals surface area contributed by atoms with Crippen molar-refractivity contribution in [3.63, 3.8) is 0 Å². The van der Waals surface area contributed by atoms with Crippen molar-refractivity contribution in [2.24, 2.45) is 5.10 Å².